The summed E-state index contributed by atoms with van der Waals surface area (Å²) in [6, 6.07) is 15.2. The molecule has 0 spiro atoms. The average Bonchev–Trinajstić information content (AvgIpc) is 2.39. The van der Waals surface area contributed by atoms with E-state index in [1.54, 1.807) is 0 Å². The summed E-state index contributed by atoms with van der Waals surface area (Å²) in [5.41, 5.74) is 5.46. The second-order valence-electron chi connectivity index (χ2n) is 4.89. The Kier molecular flexibility index (Phi) is 3.11. The number of fused-ring (bicyclic) bond motifs is 1. The van der Waals surface area contributed by atoms with Crippen molar-refractivity contribution in [2.24, 2.45) is 0 Å². The topological polar surface area (TPSA) is 12.0 Å². The van der Waals surface area contributed by atoms with Crippen LogP contribution in [0.2, 0.25) is 5.02 Å². The first-order valence-electron chi connectivity index (χ1n) is 6.32. The van der Waals surface area contributed by atoms with Crippen LogP contribution in [0.5, 0.6) is 0 Å². The van der Waals surface area contributed by atoms with E-state index in [1.807, 2.05) is 12.1 Å². The highest BCUT2D eigenvalue weighted by molar-refractivity contribution is 6.30. The van der Waals surface area contributed by atoms with Gasteiger partial charge >= 0.3 is 0 Å². The minimum atomic E-state index is 0.297. The summed E-state index contributed by atoms with van der Waals surface area (Å²) >= 11 is 5.96. The van der Waals surface area contributed by atoms with Crippen LogP contribution < -0.4 is 5.32 Å². The number of hydrogen-bond acceptors (Lipinski definition) is 1. The molecule has 0 radical (unpaired) electrons. The van der Waals surface area contributed by atoms with E-state index < -0.39 is 0 Å². The standard InChI is InChI=1S/C16H16ClN/c1-11-2-3-12-8-9-18-16(15(12)10-11)13-4-6-14(17)7-5-13/h2-7,10,16,18H,8-9H2,1H3/t16-/m0/s1. The van der Waals surface area contributed by atoms with Gasteiger partial charge < -0.3 is 5.32 Å². The molecule has 1 aliphatic rings. The van der Waals surface area contributed by atoms with Gasteiger partial charge in [-0.05, 0) is 42.2 Å². The van der Waals surface area contributed by atoms with Crippen LogP contribution in [-0.2, 0) is 6.42 Å². The zero-order chi connectivity index (χ0) is 12.5. The number of benzene rings is 2. The van der Waals surface area contributed by atoms with Gasteiger partial charge in [-0.1, -0.05) is 47.5 Å². The number of rotatable bonds is 1. The van der Waals surface area contributed by atoms with Gasteiger partial charge in [0.05, 0.1) is 6.04 Å². The first-order chi connectivity index (χ1) is 8.74. The molecule has 0 saturated heterocycles. The molecule has 1 heterocycles. The molecule has 2 heteroatoms. The van der Waals surface area contributed by atoms with Crippen LogP contribution in [0.15, 0.2) is 42.5 Å². The van der Waals surface area contributed by atoms with E-state index in [4.69, 9.17) is 11.6 Å². The summed E-state index contributed by atoms with van der Waals surface area (Å²) in [5.74, 6) is 0. The highest BCUT2D eigenvalue weighted by Gasteiger charge is 2.20. The van der Waals surface area contributed by atoms with Crippen LogP contribution in [0, 0.1) is 6.92 Å². The Hall–Kier alpha value is -1.31. The molecule has 0 amide bonds. The Morgan fingerprint density at radius 3 is 2.67 bits per heavy atom. The Morgan fingerprint density at radius 2 is 1.89 bits per heavy atom. The molecule has 1 aliphatic heterocycles. The van der Waals surface area contributed by atoms with Gasteiger partial charge in [-0.3, -0.25) is 0 Å². The van der Waals surface area contributed by atoms with E-state index in [1.165, 1.54) is 22.3 Å². The molecule has 0 unspecified atom stereocenters. The molecule has 3 rings (SSSR count). The summed E-state index contributed by atoms with van der Waals surface area (Å²) in [6.45, 7) is 3.18. The van der Waals surface area contributed by atoms with Crippen molar-refractivity contribution in [3.05, 3.63) is 69.7 Å². The van der Waals surface area contributed by atoms with E-state index in [-0.39, 0.29) is 0 Å². The van der Waals surface area contributed by atoms with Crippen molar-refractivity contribution < 1.29 is 0 Å². The van der Waals surface area contributed by atoms with Crippen molar-refractivity contribution in [1.29, 1.82) is 0 Å². The summed E-state index contributed by atoms with van der Waals surface area (Å²) in [7, 11) is 0. The first-order valence-corrected chi connectivity index (χ1v) is 6.70. The van der Waals surface area contributed by atoms with Crippen molar-refractivity contribution in [3.8, 4) is 0 Å². The molecule has 0 aliphatic carbocycles. The quantitative estimate of drug-likeness (QED) is 0.818. The predicted molar refractivity (Wildman–Crippen MR) is 76.2 cm³/mol. The zero-order valence-corrected chi connectivity index (χ0v) is 11.2. The van der Waals surface area contributed by atoms with E-state index in [9.17, 15) is 0 Å². The first kappa shape index (κ1) is 11.8. The summed E-state index contributed by atoms with van der Waals surface area (Å²) in [4.78, 5) is 0. The lowest BCUT2D eigenvalue weighted by atomic mass is 9.89. The molecule has 1 N–H and O–H groups in total. The molecule has 18 heavy (non-hydrogen) atoms. The lowest BCUT2D eigenvalue weighted by molar-refractivity contribution is 0.567. The molecule has 1 nitrogen and oxygen atoms in total. The maximum absolute atomic E-state index is 5.96. The summed E-state index contributed by atoms with van der Waals surface area (Å²) in [6.07, 6.45) is 1.11. The Balaban J connectivity index is 2.05. The van der Waals surface area contributed by atoms with Gasteiger partial charge in [-0.2, -0.15) is 0 Å². The second kappa shape index (κ2) is 4.75. The number of halogens is 1. The molecule has 0 saturated carbocycles. The van der Waals surface area contributed by atoms with Gasteiger partial charge in [0, 0.05) is 11.6 Å². The van der Waals surface area contributed by atoms with Crippen molar-refractivity contribution >= 4 is 11.6 Å². The molecule has 1 atom stereocenters. The monoisotopic (exact) mass is 257 g/mol. The van der Waals surface area contributed by atoms with E-state index in [0.717, 1.165) is 18.0 Å². The fourth-order valence-electron chi connectivity index (χ4n) is 2.62. The summed E-state index contributed by atoms with van der Waals surface area (Å²) in [5, 5.41) is 4.39. The third-order valence-corrected chi connectivity index (χ3v) is 3.81. The Labute approximate surface area is 113 Å². The molecule has 0 aromatic heterocycles. The van der Waals surface area contributed by atoms with Crippen molar-refractivity contribution in [3.63, 3.8) is 0 Å². The largest absolute Gasteiger partial charge is 0.306 e. The van der Waals surface area contributed by atoms with Crippen LogP contribution in [0.4, 0.5) is 0 Å². The molecule has 0 bridgehead atoms. The van der Waals surface area contributed by atoms with Crippen LogP contribution in [0.3, 0.4) is 0 Å². The Morgan fingerprint density at radius 1 is 1.11 bits per heavy atom. The van der Waals surface area contributed by atoms with Gasteiger partial charge in [0.15, 0.2) is 0 Å². The average molecular weight is 258 g/mol. The van der Waals surface area contributed by atoms with E-state index in [2.05, 4.69) is 42.6 Å². The van der Waals surface area contributed by atoms with E-state index >= 15 is 0 Å². The molecular formula is C16H16ClN. The van der Waals surface area contributed by atoms with Gasteiger partial charge in [-0.15, -0.1) is 0 Å². The number of nitrogens with one attached hydrogen (secondary N) is 1. The molecule has 92 valence electrons. The van der Waals surface area contributed by atoms with Crippen molar-refractivity contribution in [2.75, 3.05) is 6.54 Å². The van der Waals surface area contributed by atoms with Gasteiger partial charge in [0.2, 0.25) is 0 Å². The minimum Gasteiger partial charge on any atom is -0.306 e. The highest BCUT2D eigenvalue weighted by Crippen LogP contribution is 2.30. The van der Waals surface area contributed by atoms with Crippen LogP contribution in [0.1, 0.15) is 28.3 Å². The molecular weight excluding hydrogens is 242 g/mol. The smallest absolute Gasteiger partial charge is 0.0579 e. The van der Waals surface area contributed by atoms with Crippen LogP contribution >= 0.6 is 11.6 Å². The van der Waals surface area contributed by atoms with Gasteiger partial charge in [-0.25, -0.2) is 0 Å². The zero-order valence-electron chi connectivity index (χ0n) is 10.4. The predicted octanol–water partition coefficient (Wildman–Crippen LogP) is 3.88. The molecule has 2 aromatic carbocycles. The summed E-state index contributed by atoms with van der Waals surface area (Å²) < 4.78 is 0. The number of hydrogen-bond donors (Lipinski definition) is 1. The normalized spacial score (nSPS) is 18.4. The maximum Gasteiger partial charge on any atom is 0.0579 e. The molecule has 0 fully saturated rings. The van der Waals surface area contributed by atoms with Crippen molar-refractivity contribution in [2.45, 2.75) is 19.4 Å². The SMILES string of the molecule is Cc1ccc2c(c1)[C@H](c1ccc(Cl)cc1)NCC2. The second-order valence-corrected chi connectivity index (χ2v) is 5.33. The third-order valence-electron chi connectivity index (χ3n) is 3.56. The van der Waals surface area contributed by atoms with Crippen molar-refractivity contribution in [1.82, 2.24) is 5.32 Å². The third kappa shape index (κ3) is 2.16. The lowest BCUT2D eigenvalue weighted by Crippen LogP contribution is -2.30. The van der Waals surface area contributed by atoms with Gasteiger partial charge in [0.1, 0.15) is 0 Å². The van der Waals surface area contributed by atoms with E-state index in [0.29, 0.717) is 6.04 Å². The van der Waals surface area contributed by atoms with Crippen LogP contribution in [-0.4, -0.2) is 6.54 Å². The molecule has 2 aromatic rings. The highest BCUT2D eigenvalue weighted by atomic mass is 35.5. The fourth-order valence-corrected chi connectivity index (χ4v) is 2.75. The fraction of sp³-hybridized carbons (Fsp3) is 0.250. The maximum atomic E-state index is 5.96. The minimum absolute atomic E-state index is 0.297. The Bertz CT molecular complexity index is 560. The lowest BCUT2D eigenvalue weighted by Gasteiger charge is -2.27. The van der Waals surface area contributed by atoms with Crippen LogP contribution in [0.25, 0.3) is 0 Å². The number of aryl methyl sites for hydroxylation is 1. The van der Waals surface area contributed by atoms with Gasteiger partial charge in [0.25, 0.3) is 0 Å².